The molecule has 2 heterocycles. The van der Waals surface area contributed by atoms with Crippen LogP contribution in [0.15, 0.2) is 10.6 Å². The van der Waals surface area contributed by atoms with Gasteiger partial charge in [-0.05, 0) is 39.2 Å². The van der Waals surface area contributed by atoms with Crippen LogP contribution < -0.4 is 10.6 Å². The van der Waals surface area contributed by atoms with Gasteiger partial charge in [0.15, 0.2) is 5.82 Å². The van der Waals surface area contributed by atoms with E-state index in [9.17, 15) is 9.59 Å². The van der Waals surface area contributed by atoms with Gasteiger partial charge in [0, 0.05) is 19.2 Å². The number of aromatic nitrogens is 1. The molecular formula is C22H38N4O3. The molecule has 1 fully saturated rings. The molecule has 1 aromatic rings. The minimum absolute atomic E-state index is 0.0406. The lowest BCUT2D eigenvalue weighted by molar-refractivity contribution is -0.129. The zero-order valence-corrected chi connectivity index (χ0v) is 18.3. The fraction of sp³-hybridized carbons (Fsp3) is 0.773. The van der Waals surface area contributed by atoms with Gasteiger partial charge in [-0.3, -0.25) is 14.5 Å². The summed E-state index contributed by atoms with van der Waals surface area (Å²) in [7, 11) is 0. The summed E-state index contributed by atoms with van der Waals surface area (Å²) >= 11 is 0. The number of carbonyl (C=O) groups excluding carboxylic acids is 2. The van der Waals surface area contributed by atoms with Crippen molar-refractivity contribution in [3.8, 4) is 0 Å². The predicted molar refractivity (Wildman–Crippen MR) is 115 cm³/mol. The Morgan fingerprint density at radius 1 is 1.24 bits per heavy atom. The molecule has 0 radical (unpaired) electrons. The lowest BCUT2D eigenvalue weighted by Crippen LogP contribution is -2.51. The molecule has 0 aliphatic carbocycles. The second kappa shape index (κ2) is 12.6. The van der Waals surface area contributed by atoms with Crippen LogP contribution in [0.4, 0.5) is 5.82 Å². The van der Waals surface area contributed by atoms with E-state index in [2.05, 4.69) is 34.5 Å². The van der Waals surface area contributed by atoms with Crippen LogP contribution in [0.3, 0.4) is 0 Å². The number of amides is 2. The summed E-state index contributed by atoms with van der Waals surface area (Å²) in [5.41, 5.74) is 0. The molecule has 0 saturated carbocycles. The number of nitrogens with one attached hydrogen (secondary N) is 2. The van der Waals surface area contributed by atoms with Gasteiger partial charge < -0.3 is 15.2 Å². The Labute approximate surface area is 175 Å². The van der Waals surface area contributed by atoms with Crippen LogP contribution >= 0.6 is 0 Å². The highest BCUT2D eigenvalue weighted by Crippen LogP contribution is 2.22. The molecule has 2 amide bonds. The maximum atomic E-state index is 12.9. The van der Waals surface area contributed by atoms with Crippen LogP contribution in [-0.4, -0.2) is 47.5 Å². The van der Waals surface area contributed by atoms with Gasteiger partial charge >= 0.3 is 0 Å². The third kappa shape index (κ3) is 7.80. The zero-order chi connectivity index (χ0) is 21.1. The third-order valence-electron chi connectivity index (χ3n) is 5.61. The molecule has 1 aliphatic heterocycles. The van der Waals surface area contributed by atoms with Gasteiger partial charge in [0.25, 0.3) is 0 Å². The fourth-order valence-corrected chi connectivity index (χ4v) is 3.92. The van der Waals surface area contributed by atoms with Crippen molar-refractivity contribution in [2.45, 2.75) is 84.6 Å². The molecule has 0 bridgehead atoms. The van der Waals surface area contributed by atoms with E-state index in [0.717, 1.165) is 58.0 Å². The number of likely N-dealkylation sites (tertiary alicyclic amines) is 1. The van der Waals surface area contributed by atoms with Crippen LogP contribution in [0.2, 0.25) is 0 Å². The molecular weight excluding hydrogens is 368 g/mol. The van der Waals surface area contributed by atoms with Gasteiger partial charge in [-0.25, -0.2) is 0 Å². The molecule has 0 spiro atoms. The molecule has 2 N–H and O–H groups in total. The summed E-state index contributed by atoms with van der Waals surface area (Å²) in [4.78, 5) is 27.7. The van der Waals surface area contributed by atoms with Crippen molar-refractivity contribution < 1.29 is 14.1 Å². The van der Waals surface area contributed by atoms with Crippen molar-refractivity contribution >= 4 is 17.6 Å². The monoisotopic (exact) mass is 406 g/mol. The van der Waals surface area contributed by atoms with Gasteiger partial charge in [-0.1, -0.05) is 51.1 Å². The van der Waals surface area contributed by atoms with Crippen LogP contribution in [-0.2, 0) is 9.59 Å². The first kappa shape index (κ1) is 23.4. The number of unbranched alkanes of at least 4 members (excludes halogenated alkanes) is 4. The summed E-state index contributed by atoms with van der Waals surface area (Å²) < 4.78 is 5.05. The van der Waals surface area contributed by atoms with E-state index in [1.807, 2.05) is 0 Å². The average Bonchev–Trinajstić information content (AvgIpc) is 3.12. The van der Waals surface area contributed by atoms with E-state index in [0.29, 0.717) is 18.1 Å². The van der Waals surface area contributed by atoms with E-state index in [4.69, 9.17) is 4.52 Å². The average molecular weight is 407 g/mol. The molecule has 29 heavy (non-hydrogen) atoms. The summed E-state index contributed by atoms with van der Waals surface area (Å²) in [5.74, 6) is 1.15. The number of piperidine rings is 1. The lowest BCUT2D eigenvalue weighted by Gasteiger charge is -2.37. The van der Waals surface area contributed by atoms with E-state index in [1.54, 1.807) is 13.0 Å². The largest absolute Gasteiger partial charge is 0.360 e. The van der Waals surface area contributed by atoms with Crippen molar-refractivity contribution in [1.82, 2.24) is 15.4 Å². The molecule has 2 unspecified atom stereocenters. The minimum Gasteiger partial charge on any atom is -0.360 e. The second-order valence-electron chi connectivity index (χ2n) is 8.16. The Kier molecular flexibility index (Phi) is 10.2. The van der Waals surface area contributed by atoms with Crippen molar-refractivity contribution in [2.75, 3.05) is 25.0 Å². The lowest BCUT2D eigenvalue weighted by atomic mass is 9.94. The molecule has 7 nitrogen and oxygen atoms in total. The second-order valence-corrected chi connectivity index (χ2v) is 8.16. The topological polar surface area (TPSA) is 87.5 Å². The van der Waals surface area contributed by atoms with Gasteiger partial charge in [-0.15, -0.1) is 0 Å². The van der Waals surface area contributed by atoms with Gasteiger partial charge in [0.05, 0.1) is 12.0 Å². The highest BCUT2D eigenvalue weighted by Gasteiger charge is 2.33. The highest BCUT2D eigenvalue weighted by molar-refractivity contribution is 5.94. The Morgan fingerprint density at radius 2 is 2.03 bits per heavy atom. The number of hydrogen-bond donors (Lipinski definition) is 2. The molecule has 164 valence electrons. The SMILES string of the molecule is CCCCCCNC(=O)C1CCCN(C(CCCC)C(=O)Nc2cc(C)on2)C1. The Morgan fingerprint density at radius 3 is 2.72 bits per heavy atom. The molecule has 2 rings (SSSR count). The minimum atomic E-state index is -0.243. The standard InChI is InChI=1S/C22H38N4O3/c1-4-6-8-9-13-23-21(27)18-11-10-14-26(16-18)19(12-7-5-2)22(28)24-20-15-17(3)29-25-20/h15,18-19H,4-14,16H2,1-3H3,(H,23,27)(H,24,25,28). The van der Waals surface area contributed by atoms with Crippen LogP contribution in [0.25, 0.3) is 0 Å². The van der Waals surface area contributed by atoms with Crippen molar-refractivity contribution in [2.24, 2.45) is 5.92 Å². The van der Waals surface area contributed by atoms with E-state index in [1.165, 1.54) is 12.8 Å². The molecule has 0 aromatic carbocycles. The summed E-state index contributed by atoms with van der Waals surface area (Å²) in [6, 6.07) is 1.48. The van der Waals surface area contributed by atoms with Crippen LogP contribution in [0.1, 0.15) is 77.4 Å². The fourth-order valence-electron chi connectivity index (χ4n) is 3.92. The number of carbonyl (C=O) groups is 2. The first-order valence-electron chi connectivity index (χ1n) is 11.3. The third-order valence-corrected chi connectivity index (χ3v) is 5.61. The molecule has 1 aromatic heterocycles. The maximum absolute atomic E-state index is 12.9. The van der Waals surface area contributed by atoms with Gasteiger partial charge in [-0.2, -0.15) is 0 Å². The smallest absolute Gasteiger partial charge is 0.242 e. The van der Waals surface area contributed by atoms with E-state index < -0.39 is 0 Å². The van der Waals surface area contributed by atoms with Gasteiger partial charge in [0.1, 0.15) is 5.76 Å². The zero-order valence-electron chi connectivity index (χ0n) is 18.3. The van der Waals surface area contributed by atoms with Crippen LogP contribution in [0, 0.1) is 12.8 Å². The first-order valence-corrected chi connectivity index (χ1v) is 11.3. The van der Waals surface area contributed by atoms with E-state index >= 15 is 0 Å². The Balaban J connectivity index is 1.91. The molecule has 1 saturated heterocycles. The summed E-state index contributed by atoms with van der Waals surface area (Å²) in [5, 5.41) is 9.85. The first-order chi connectivity index (χ1) is 14.0. The number of nitrogens with zero attached hydrogens (tertiary/aromatic N) is 2. The number of hydrogen-bond acceptors (Lipinski definition) is 5. The Bertz CT molecular complexity index is 631. The highest BCUT2D eigenvalue weighted by atomic mass is 16.5. The molecule has 1 aliphatic rings. The van der Waals surface area contributed by atoms with Crippen LogP contribution in [0.5, 0.6) is 0 Å². The number of rotatable bonds is 12. The normalized spacial score (nSPS) is 18.4. The molecule has 2 atom stereocenters. The predicted octanol–water partition coefficient (Wildman–Crippen LogP) is 3.89. The number of aryl methyl sites for hydroxylation is 1. The van der Waals surface area contributed by atoms with Crippen molar-refractivity contribution in [1.29, 1.82) is 0 Å². The van der Waals surface area contributed by atoms with E-state index in [-0.39, 0.29) is 23.8 Å². The van der Waals surface area contributed by atoms with Gasteiger partial charge in [0.2, 0.25) is 11.8 Å². The Hall–Kier alpha value is -1.89. The van der Waals surface area contributed by atoms with Crippen molar-refractivity contribution in [3.63, 3.8) is 0 Å². The number of anilines is 1. The maximum Gasteiger partial charge on any atom is 0.242 e. The quantitative estimate of drug-likeness (QED) is 0.514. The summed E-state index contributed by atoms with van der Waals surface area (Å²) in [6.07, 6.45) is 9.22. The molecule has 7 heteroatoms. The van der Waals surface area contributed by atoms with Crippen molar-refractivity contribution in [3.05, 3.63) is 11.8 Å². The summed E-state index contributed by atoms with van der Waals surface area (Å²) in [6.45, 7) is 8.35.